The maximum absolute atomic E-state index is 14.0. The molecule has 3 N–H and O–H groups in total. The molecular formula is C31H39FN6O4. The van der Waals surface area contributed by atoms with Gasteiger partial charge in [0.2, 0.25) is 0 Å². The first-order chi connectivity index (χ1) is 19.8. The summed E-state index contributed by atoms with van der Waals surface area (Å²) in [6, 6.07) is 14.3. The number of nitrogens with zero attached hydrogens (tertiary/aromatic N) is 3. The molecule has 3 aromatic rings. The summed E-state index contributed by atoms with van der Waals surface area (Å²) in [5.41, 5.74) is 1.83. The molecular weight excluding hydrogens is 539 g/mol. The van der Waals surface area contributed by atoms with Crippen LogP contribution in [0.4, 0.5) is 31.0 Å². The van der Waals surface area contributed by atoms with E-state index in [4.69, 9.17) is 4.74 Å². The third-order valence-electron chi connectivity index (χ3n) is 5.99. The monoisotopic (exact) mass is 578 g/mol. The molecule has 1 heterocycles. The third kappa shape index (κ3) is 10.2. The molecule has 1 aromatic heterocycles. The van der Waals surface area contributed by atoms with Crippen LogP contribution in [0.15, 0.2) is 60.8 Å². The molecule has 0 atom stereocenters. The van der Waals surface area contributed by atoms with E-state index >= 15 is 0 Å². The molecule has 0 radical (unpaired) electrons. The van der Waals surface area contributed by atoms with E-state index in [2.05, 4.69) is 20.9 Å². The van der Waals surface area contributed by atoms with Crippen LogP contribution in [0.25, 0.3) is 0 Å². The smallest absolute Gasteiger partial charge is 0.412 e. The highest BCUT2D eigenvalue weighted by Crippen LogP contribution is 2.23. The van der Waals surface area contributed by atoms with Crippen molar-refractivity contribution in [3.63, 3.8) is 0 Å². The fourth-order valence-corrected chi connectivity index (χ4v) is 3.88. The predicted octanol–water partition coefficient (Wildman–Crippen LogP) is 6.11. The van der Waals surface area contributed by atoms with Crippen LogP contribution in [0, 0.1) is 12.7 Å². The van der Waals surface area contributed by atoms with E-state index in [1.165, 1.54) is 12.3 Å². The Morgan fingerprint density at radius 1 is 0.929 bits per heavy atom. The fraction of sp³-hybridized carbons (Fsp3) is 0.355. The van der Waals surface area contributed by atoms with Gasteiger partial charge in [-0.05, 0) is 96.2 Å². The molecule has 3 rings (SSSR count). The van der Waals surface area contributed by atoms with Gasteiger partial charge in [0.05, 0.1) is 11.4 Å². The highest BCUT2D eigenvalue weighted by atomic mass is 19.1. The molecule has 11 heteroatoms. The van der Waals surface area contributed by atoms with Gasteiger partial charge in [0.25, 0.3) is 5.91 Å². The number of aryl methyl sites for hydroxylation is 1. The Bertz CT molecular complexity index is 1390. The Morgan fingerprint density at radius 3 is 2.21 bits per heavy atom. The molecule has 42 heavy (non-hydrogen) atoms. The van der Waals surface area contributed by atoms with E-state index in [1.54, 1.807) is 81.1 Å². The van der Waals surface area contributed by atoms with Crippen molar-refractivity contribution in [1.82, 2.24) is 14.8 Å². The molecule has 0 aliphatic carbocycles. The maximum atomic E-state index is 14.0. The number of amides is 4. The van der Waals surface area contributed by atoms with Gasteiger partial charge in [0, 0.05) is 25.0 Å². The second-order valence-corrected chi connectivity index (χ2v) is 11.2. The van der Waals surface area contributed by atoms with E-state index in [0.717, 1.165) is 13.0 Å². The van der Waals surface area contributed by atoms with Crippen LogP contribution in [-0.2, 0) is 11.3 Å². The molecule has 0 aliphatic heterocycles. The molecule has 2 aromatic carbocycles. The Morgan fingerprint density at radius 2 is 1.62 bits per heavy atom. The molecule has 0 spiro atoms. The van der Waals surface area contributed by atoms with Gasteiger partial charge in [-0.1, -0.05) is 24.3 Å². The first-order valence-electron chi connectivity index (χ1n) is 13.6. The van der Waals surface area contributed by atoms with Crippen molar-refractivity contribution < 1.29 is 23.5 Å². The third-order valence-corrected chi connectivity index (χ3v) is 5.99. The molecule has 0 fully saturated rings. The highest BCUT2D eigenvalue weighted by molar-refractivity contribution is 6.05. The molecule has 0 bridgehead atoms. The minimum atomic E-state index is -0.671. The Labute approximate surface area is 246 Å². The van der Waals surface area contributed by atoms with Crippen LogP contribution < -0.4 is 16.0 Å². The maximum Gasteiger partial charge on any atom is 0.412 e. The lowest BCUT2D eigenvalue weighted by Gasteiger charge is -2.24. The average Bonchev–Trinajstić information content (AvgIpc) is 2.90. The molecule has 4 amide bonds. The van der Waals surface area contributed by atoms with Crippen molar-refractivity contribution >= 4 is 35.1 Å². The lowest BCUT2D eigenvalue weighted by Crippen LogP contribution is -2.36. The van der Waals surface area contributed by atoms with Crippen LogP contribution >= 0.6 is 0 Å². The number of aromatic nitrogens is 1. The summed E-state index contributed by atoms with van der Waals surface area (Å²) in [6.45, 7) is 8.42. The quantitative estimate of drug-likeness (QED) is 0.267. The standard InChI is InChI=1S/C31H39FN6O4/c1-21-12-14-23(18-24(21)32)34-29(40)38(17-9-16-37(5)6)20-22-13-15-27(33-19-22)28(39)35-25-10-7-8-11-26(25)36-30(41)42-31(2,3)4/h7-8,10-15,18-19H,9,16-17,20H2,1-6H3,(H,34,40)(H,35,39)(H,36,41). The Balaban J connectivity index is 1.68. The van der Waals surface area contributed by atoms with Gasteiger partial charge in [-0.2, -0.15) is 0 Å². The summed E-state index contributed by atoms with van der Waals surface area (Å²) < 4.78 is 19.3. The number of hydrogen-bond acceptors (Lipinski definition) is 6. The minimum absolute atomic E-state index is 0.157. The van der Waals surface area contributed by atoms with Gasteiger partial charge in [-0.25, -0.2) is 14.0 Å². The number of carbonyl (C=O) groups is 3. The topological polar surface area (TPSA) is 116 Å². The number of rotatable bonds is 10. The number of carbonyl (C=O) groups excluding carboxylic acids is 3. The first kappa shape index (κ1) is 32.0. The van der Waals surface area contributed by atoms with E-state index in [1.807, 2.05) is 19.0 Å². The summed E-state index contributed by atoms with van der Waals surface area (Å²) >= 11 is 0. The summed E-state index contributed by atoms with van der Waals surface area (Å²) in [5.74, 6) is -0.866. The van der Waals surface area contributed by atoms with Crippen molar-refractivity contribution in [1.29, 1.82) is 0 Å². The number of anilines is 3. The van der Waals surface area contributed by atoms with E-state index < -0.39 is 23.4 Å². The van der Waals surface area contributed by atoms with Crippen molar-refractivity contribution in [3.05, 3.63) is 83.4 Å². The van der Waals surface area contributed by atoms with Crippen molar-refractivity contribution in [2.45, 2.75) is 46.3 Å². The van der Waals surface area contributed by atoms with Crippen LogP contribution in [0.1, 0.15) is 48.8 Å². The first-order valence-corrected chi connectivity index (χ1v) is 13.6. The van der Waals surface area contributed by atoms with Crippen molar-refractivity contribution in [3.8, 4) is 0 Å². The fourth-order valence-electron chi connectivity index (χ4n) is 3.88. The van der Waals surface area contributed by atoms with Crippen LogP contribution in [0.2, 0.25) is 0 Å². The number of nitrogens with one attached hydrogen (secondary N) is 3. The molecule has 0 saturated carbocycles. The number of para-hydroxylation sites is 2. The zero-order valence-electron chi connectivity index (χ0n) is 25.0. The lowest BCUT2D eigenvalue weighted by atomic mass is 10.2. The largest absolute Gasteiger partial charge is 0.444 e. The van der Waals surface area contributed by atoms with Gasteiger partial charge >= 0.3 is 12.1 Å². The number of benzene rings is 2. The zero-order chi connectivity index (χ0) is 30.9. The minimum Gasteiger partial charge on any atom is -0.444 e. The zero-order valence-corrected chi connectivity index (χ0v) is 25.0. The summed E-state index contributed by atoms with van der Waals surface area (Å²) in [5, 5.41) is 8.18. The van der Waals surface area contributed by atoms with Gasteiger partial charge in [0.15, 0.2) is 0 Å². The molecule has 0 unspecified atom stereocenters. The van der Waals surface area contributed by atoms with E-state index in [9.17, 15) is 18.8 Å². The molecule has 10 nitrogen and oxygen atoms in total. The SMILES string of the molecule is Cc1ccc(NC(=O)N(CCCN(C)C)Cc2ccc(C(=O)Nc3ccccc3NC(=O)OC(C)(C)C)nc2)cc1F. The average molecular weight is 579 g/mol. The van der Waals surface area contributed by atoms with Crippen LogP contribution in [0.3, 0.4) is 0 Å². The van der Waals surface area contributed by atoms with Gasteiger partial charge < -0.3 is 25.2 Å². The Kier molecular flexibility index (Phi) is 11.0. The molecule has 224 valence electrons. The molecule has 0 saturated heterocycles. The summed E-state index contributed by atoms with van der Waals surface area (Å²) in [6.07, 6.45) is 1.63. The second kappa shape index (κ2) is 14.4. The van der Waals surface area contributed by atoms with Gasteiger partial charge in [0.1, 0.15) is 17.1 Å². The molecule has 0 aliphatic rings. The summed E-state index contributed by atoms with van der Waals surface area (Å²) in [4.78, 5) is 46.2. The Hall–Kier alpha value is -4.51. The van der Waals surface area contributed by atoms with Crippen LogP contribution in [-0.4, -0.2) is 65.6 Å². The van der Waals surface area contributed by atoms with Gasteiger partial charge in [-0.15, -0.1) is 0 Å². The number of halogens is 1. The second-order valence-electron chi connectivity index (χ2n) is 11.2. The lowest BCUT2D eigenvalue weighted by molar-refractivity contribution is 0.0635. The summed E-state index contributed by atoms with van der Waals surface area (Å²) in [7, 11) is 3.92. The van der Waals surface area contributed by atoms with E-state index in [0.29, 0.717) is 34.7 Å². The normalized spacial score (nSPS) is 11.1. The predicted molar refractivity (Wildman–Crippen MR) is 162 cm³/mol. The van der Waals surface area contributed by atoms with Crippen LogP contribution in [0.5, 0.6) is 0 Å². The highest BCUT2D eigenvalue weighted by Gasteiger charge is 2.19. The number of urea groups is 1. The van der Waals surface area contributed by atoms with Crippen molar-refractivity contribution in [2.75, 3.05) is 43.1 Å². The van der Waals surface area contributed by atoms with E-state index in [-0.39, 0.29) is 18.3 Å². The number of pyridine rings is 1. The van der Waals surface area contributed by atoms with Gasteiger partial charge in [-0.3, -0.25) is 15.1 Å². The number of ether oxygens (including phenoxy) is 1. The van der Waals surface area contributed by atoms with Crippen molar-refractivity contribution in [2.24, 2.45) is 0 Å². The number of hydrogen-bond donors (Lipinski definition) is 3.